The quantitative estimate of drug-likeness (QED) is 0.457. The second-order valence-electron chi connectivity index (χ2n) is 9.83. The van der Waals surface area contributed by atoms with E-state index in [-0.39, 0.29) is 29.8 Å². The van der Waals surface area contributed by atoms with E-state index < -0.39 is 0 Å². The lowest BCUT2D eigenvalue weighted by Crippen LogP contribution is -2.55. The highest BCUT2D eigenvalue weighted by Crippen LogP contribution is 2.38. The largest absolute Gasteiger partial charge is 0.449 e. The summed E-state index contributed by atoms with van der Waals surface area (Å²) in [5.74, 6) is -0.309. The number of carbonyl (C=O) groups is 2. The molecule has 0 radical (unpaired) electrons. The van der Waals surface area contributed by atoms with Crippen LogP contribution in [0.25, 0.3) is 10.9 Å². The first kappa shape index (κ1) is 25.4. The standard InChI is InChI=1S/C28H30ClFN4O3/c1-3-12-37-28(36)34-11-10-33(16-17(34)2)27(35)19-5-8-22-25(14-19)32-24-13-18(4-7-21(24)26(22)29)23-9-6-20(30)15-31-23/h5-6,8-9,14-15,17-18H,3-4,7,10-13,16H2,1-2H3. The highest BCUT2D eigenvalue weighted by molar-refractivity contribution is 6.36. The molecule has 2 atom stereocenters. The lowest BCUT2D eigenvalue weighted by Gasteiger charge is -2.39. The van der Waals surface area contributed by atoms with Gasteiger partial charge in [-0.25, -0.2) is 9.18 Å². The summed E-state index contributed by atoms with van der Waals surface area (Å²) >= 11 is 6.81. The van der Waals surface area contributed by atoms with E-state index in [0.717, 1.165) is 41.6 Å². The van der Waals surface area contributed by atoms with Gasteiger partial charge in [-0.3, -0.25) is 14.8 Å². The Morgan fingerprint density at radius 2 is 2.05 bits per heavy atom. The molecule has 2 aromatic heterocycles. The molecule has 1 aliphatic heterocycles. The number of aromatic nitrogens is 2. The first-order chi connectivity index (χ1) is 17.9. The number of hydrogen-bond acceptors (Lipinski definition) is 5. The van der Waals surface area contributed by atoms with Crippen molar-refractivity contribution < 1.29 is 18.7 Å². The van der Waals surface area contributed by atoms with Crippen LogP contribution in [0.15, 0.2) is 36.5 Å². The fourth-order valence-corrected chi connectivity index (χ4v) is 5.63. The van der Waals surface area contributed by atoms with E-state index in [1.54, 1.807) is 28.0 Å². The zero-order valence-electron chi connectivity index (χ0n) is 21.0. The van der Waals surface area contributed by atoms with Crippen LogP contribution in [0, 0.1) is 5.82 Å². The van der Waals surface area contributed by atoms with E-state index in [4.69, 9.17) is 21.3 Å². The summed E-state index contributed by atoms with van der Waals surface area (Å²) in [5, 5.41) is 1.50. The molecule has 1 aliphatic carbocycles. The van der Waals surface area contributed by atoms with Crippen molar-refractivity contribution in [1.29, 1.82) is 0 Å². The van der Waals surface area contributed by atoms with Crippen LogP contribution in [0.4, 0.5) is 9.18 Å². The molecule has 9 heteroatoms. The summed E-state index contributed by atoms with van der Waals surface area (Å²) in [4.78, 5) is 38.3. The van der Waals surface area contributed by atoms with Crippen LogP contribution < -0.4 is 0 Å². The van der Waals surface area contributed by atoms with Gasteiger partial charge in [0.15, 0.2) is 0 Å². The number of amides is 2. The molecule has 0 spiro atoms. The van der Waals surface area contributed by atoms with Gasteiger partial charge in [0.05, 0.1) is 23.3 Å². The van der Waals surface area contributed by atoms with Gasteiger partial charge >= 0.3 is 6.09 Å². The smallest absolute Gasteiger partial charge is 0.410 e. The van der Waals surface area contributed by atoms with Crippen molar-refractivity contribution in [2.24, 2.45) is 0 Å². The molecule has 0 saturated carbocycles. The molecule has 37 heavy (non-hydrogen) atoms. The predicted molar refractivity (Wildman–Crippen MR) is 139 cm³/mol. The SMILES string of the molecule is CCCOC(=O)N1CCN(C(=O)c2ccc3c(Cl)c4c(nc3c2)CC(c2ccc(F)cn2)CC4)CC1C. The molecule has 0 N–H and O–H groups in total. The van der Waals surface area contributed by atoms with Crippen LogP contribution in [-0.4, -0.2) is 64.1 Å². The summed E-state index contributed by atoms with van der Waals surface area (Å²) < 4.78 is 18.6. The first-order valence-corrected chi connectivity index (χ1v) is 13.2. The molecular weight excluding hydrogens is 495 g/mol. The van der Waals surface area contributed by atoms with Crippen molar-refractivity contribution >= 4 is 34.5 Å². The third-order valence-corrected chi connectivity index (χ3v) is 7.71. The average Bonchev–Trinajstić information content (AvgIpc) is 2.91. The number of piperazine rings is 1. The number of carbonyl (C=O) groups excluding carboxylic acids is 2. The molecule has 5 rings (SSSR count). The molecule has 1 aromatic carbocycles. The molecular formula is C28H30ClFN4O3. The summed E-state index contributed by atoms with van der Waals surface area (Å²) in [6.45, 7) is 5.57. The van der Waals surface area contributed by atoms with E-state index in [0.29, 0.717) is 48.8 Å². The van der Waals surface area contributed by atoms with Crippen molar-refractivity contribution in [1.82, 2.24) is 19.8 Å². The van der Waals surface area contributed by atoms with E-state index >= 15 is 0 Å². The van der Waals surface area contributed by atoms with E-state index in [9.17, 15) is 14.0 Å². The van der Waals surface area contributed by atoms with Gasteiger partial charge in [-0.2, -0.15) is 0 Å². The maximum absolute atomic E-state index is 13.4. The monoisotopic (exact) mass is 524 g/mol. The zero-order valence-corrected chi connectivity index (χ0v) is 21.8. The summed E-state index contributed by atoms with van der Waals surface area (Å²) in [6.07, 6.45) is 3.99. The number of hydrogen-bond donors (Lipinski definition) is 0. The summed E-state index contributed by atoms with van der Waals surface area (Å²) in [7, 11) is 0. The van der Waals surface area contributed by atoms with Gasteiger partial charge in [0.1, 0.15) is 5.82 Å². The third kappa shape index (κ3) is 5.12. The number of fused-ring (bicyclic) bond motifs is 2. The second-order valence-corrected chi connectivity index (χ2v) is 10.2. The highest BCUT2D eigenvalue weighted by atomic mass is 35.5. The number of pyridine rings is 2. The van der Waals surface area contributed by atoms with Gasteiger partial charge in [-0.05, 0) is 62.4 Å². The Bertz CT molecular complexity index is 1330. The maximum atomic E-state index is 13.4. The van der Waals surface area contributed by atoms with Crippen LogP contribution in [0.2, 0.25) is 5.02 Å². The number of rotatable bonds is 4. The maximum Gasteiger partial charge on any atom is 0.410 e. The summed E-state index contributed by atoms with van der Waals surface area (Å²) in [6, 6.07) is 8.49. The fraction of sp³-hybridized carbons (Fsp3) is 0.429. The molecule has 2 unspecified atom stereocenters. The van der Waals surface area contributed by atoms with E-state index in [1.165, 1.54) is 12.3 Å². The van der Waals surface area contributed by atoms with Crippen molar-refractivity contribution in [3.63, 3.8) is 0 Å². The van der Waals surface area contributed by atoms with Crippen LogP contribution >= 0.6 is 11.6 Å². The van der Waals surface area contributed by atoms with Crippen LogP contribution in [0.1, 0.15) is 59.9 Å². The normalized spacial score (nSPS) is 19.6. The number of nitrogens with zero attached hydrogens (tertiary/aromatic N) is 4. The number of halogens is 2. The molecule has 3 heterocycles. The molecule has 0 bridgehead atoms. The Balaban J connectivity index is 1.35. The lowest BCUT2D eigenvalue weighted by molar-refractivity contribution is 0.0412. The Kier molecular flexibility index (Phi) is 7.29. The van der Waals surface area contributed by atoms with Gasteiger partial charge in [0, 0.05) is 53.9 Å². The number of ether oxygens (including phenoxy) is 1. The number of benzene rings is 1. The predicted octanol–water partition coefficient (Wildman–Crippen LogP) is 5.39. The van der Waals surface area contributed by atoms with Crippen molar-refractivity contribution in [2.45, 2.75) is 51.5 Å². The molecule has 2 aliphatic rings. The minimum atomic E-state index is -0.350. The lowest BCUT2D eigenvalue weighted by atomic mass is 9.84. The third-order valence-electron chi connectivity index (χ3n) is 7.28. The Labute approximate surface area is 220 Å². The van der Waals surface area contributed by atoms with E-state index in [1.807, 2.05) is 19.9 Å². The van der Waals surface area contributed by atoms with Crippen molar-refractivity contribution in [2.75, 3.05) is 26.2 Å². The van der Waals surface area contributed by atoms with Gasteiger partial charge in [0.25, 0.3) is 5.91 Å². The Morgan fingerprint density at radius 3 is 2.78 bits per heavy atom. The summed E-state index contributed by atoms with van der Waals surface area (Å²) in [5.41, 5.74) is 4.00. The van der Waals surface area contributed by atoms with Gasteiger partial charge in [-0.1, -0.05) is 24.6 Å². The molecule has 3 aromatic rings. The molecule has 7 nitrogen and oxygen atoms in total. The minimum Gasteiger partial charge on any atom is -0.449 e. The van der Waals surface area contributed by atoms with Gasteiger partial charge in [0.2, 0.25) is 0 Å². The average molecular weight is 525 g/mol. The van der Waals surface area contributed by atoms with Gasteiger partial charge in [-0.15, -0.1) is 0 Å². The van der Waals surface area contributed by atoms with E-state index in [2.05, 4.69) is 4.98 Å². The Hall–Kier alpha value is -3.26. The molecule has 1 saturated heterocycles. The van der Waals surface area contributed by atoms with Crippen LogP contribution in [-0.2, 0) is 17.6 Å². The second kappa shape index (κ2) is 10.6. The highest BCUT2D eigenvalue weighted by Gasteiger charge is 2.31. The van der Waals surface area contributed by atoms with Crippen LogP contribution in [0.5, 0.6) is 0 Å². The van der Waals surface area contributed by atoms with Crippen molar-refractivity contribution in [3.8, 4) is 0 Å². The van der Waals surface area contributed by atoms with Crippen molar-refractivity contribution in [3.05, 3.63) is 69.9 Å². The van der Waals surface area contributed by atoms with Crippen LogP contribution in [0.3, 0.4) is 0 Å². The fourth-order valence-electron chi connectivity index (χ4n) is 5.27. The molecule has 1 fully saturated rings. The minimum absolute atomic E-state index is 0.0978. The topological polar surface area (TPSA) is 75.6 Å². The van der Waals surface area contributed by atoms with Gasteiger partial charge < -0.3 is 14.5 Å². The molecule has 2 amide bonds. The zero-order chi connectivity index (χ0) is 26.1. The molecule has 194 valence electrons. The Morgan fingerprint density at radius 1 is 1.22 bits per heavy atom. The first-order valence-electron chi connectivity index (χ1n) is 12.8.